The predicted molar refractivity (Wildman–Crippen MR) is 132 cm³/mol. The maximum atomic E-state index is 13.6. The summed E-state index contributed by atoms with van der Waals surface area (Å²) in [4.78, 5) is 28.7. The molecule has 0 N–H and O–H groups in total. The van der Waals surface area contributed by atoms with Gasteiger partial charge in [0.1, 0.15) is 16.3 Å². The number of hydrogen-bond donors (Lipinski definition) is 0. The molecule has 174 valence electrons. The summed E-state index contributed by atoms with van der Waals surface area (Å²) in [6, 6.07) is 13.8. The number of aromatic nitrogens is 2. The lowest BCUT2D eigenvalue weighted by atomic mass is 9.98. The fraction of sp³-hybridized carbons (Fsp3) is 0.308. The summed E-state index contributed by atoms with van der Waals surface area (Å²) in [6.07, 6.45) is 2.03. The summed E-state index contributed by atoms with van der Waals surface area (Å²) < 4.78 is 11.8. The van der Waals surface area contributed by atoms with Crippen LogP contribution < -0.4 is 15.1 Å². The summed E-state index contributed by atoms with van der Waals surface area (Å²) >= 11 is 1.35. The van der Waals surface area contributed by atoms with Crippen LogP contribution in [0.2, 0.25) is 0 Å². The maximum absolute atomic E-state index is 13.6. The van der Waals surface area contributed by atoms with Crippen LogP contribution in [-0.2, 0) is 0 Å². The lowest BCUT2D eigenvalue weighted by Crippen LogP contribution is -2.29. The molecule has 7 nitrogen and oxygen atoms in total. The van der Waals surface area contributed by atoms with Gasteiger partial charge in [-0.2, -0.15) is 0 Å². The van der Waals surface area contributed by atoms with Gasteiger partial charge in [0.25, 0.3) is 5.91 Å². The van der Waals surface area contributed by atoms with Crippen molar-refractivity contribution in [2.24, 2.45) is 0 Å². The van der Waals surface area contributed by atoms with Gasteiger partial charge in [-0.15, -0.1) is 10.2 Å². The quantitative estimate of drug-likeness (QED) is 0.319. The van der Waals surface area contributed by atoms with E-state index in [0.717, 1.165) is 29.2 Å². The first-order chi connectivity index (χ1) is 16.5. The van der Waals surface area contributed by atoms with Crippen LogP contribution in [0.3, 0.4) is 0 Å². The number of hydrogen-bond acceptors (Lipinski definition) is 7. The average molecular weight is 476 g/mol. The lowest BCUT2D eigenvalue weighted by Gasteiger charge is -2.22. The average Bonchev–Trinajstić information content (AvgIpc) is 3.43. The van der Waals surface area contributed by atoms with Gasteiger partial charge in [-0.05, 0) is 36.2 Å². The van der Waals surface area contributed by atoms with Crippen LogP contribution in [0.5, 0.6) is 5.75 Å². The third kappa shape index (κ3) is 3.77. The summed E-state index contributed by atoms with van der Waals surface area (Å²) in [5.74, 6) is 0.583. The number of nitrogens with zero attached hydrogens (tertiary/aromatic N) is 3. The Bertz CT molecular complexity index is 1410. The summed E-state index contributed by atoms with van der Waals surface area (Å²) in [5.41, 5.74) is 1.28. The highest BCUT2D eigenvalue weighted by molar-refractivity contribution is 7.15. The Morgan fingerprint density at radius 2 is 1.85 bits per heavy atom. The van der Waals surface area contributed by atoms with Crippen molar-refractivity contribution in [3.8, 4) is 5.75 Å². The number of ether oxygens (including phenoxy) is 1. The highest BCUT2D eigenvalue weighted by Crippen LogP contribution is 2.43. The zero-order valence-electron chi connectivity index (χ0n) is 19.3. The van der Waals surface area contributed by atoms with E-state index in [1.165, 1.54) is 16.2 Å². The SMILES string of the molecule is CCCCOc1ccc(C2c3c(oc4ccccc4c3=O)C(=O)N2c2nnc(C(C)C)s2)cc1. The highest BCUT2D eigenvalue weighted by atomic mass is 32.1. The Kier molecular flexibility index (Phi) is 5.91. The summed E-state index contributed by atoms with van der Waals surface area (Å²) in [6.45, 7) is 6.81. The minimum absolute atomic E-state index is 0.0540. The maximum Gasteiger partial charge on any atom is 0.297 e. The van der Waals surface area contributed by atoms with Crippen LogP contribution in [0.25, 0.3) is 11.0 Å². The van der Waals surface area contributed by atoms with E-state index in [9.17, 15) is 9.59 Å². The smallest absolute Gasteiger partial charge is 0.297 e. The molecule has 5 rings (SSSR count). The highest BCUT2D eigenvalue weighted by Gasteiger charge is 2.45. The number of carbonyl (C=O) groups excluding carboxylic acids is 1. The van der Waals surface area contributed by atoms with Crippen LogP contribution in [0, 0.1) is 0 Å². The Labute approximate surface area is 201 Å². The van der Waals surface area contributed by atoms with Gasteiger partial charge in [0.05, 0.1) is 23.6 Å². The number of unbranched alkanes of at least 4 members (excludes halogenated alkanes) is 1. The van der Waals surface area contributed by atoms with Crippen molar-refractivity contribution in [2.45, 2.75) is 45.6 Å². The van der Waals surface area contributed by atoms with Crippen molar-refractivity contribution in [2.75, 3.05) is 11.5 Å². The van der Waals surface area contributed by atoms with Crippen molar-refractivity contribution in [1.29, 1.82) is 0 Å². The number of amides is 1. The molecular weight excluding hydrogens is 450 g/mol. The first kappa shape index (κ1) is 22.3. The van der Waals surface area contributed by atoms with E-state index in [0.29, 0.717) is 28.3 Å². The molecule has 1 unspecified atom stereocenters. The fourth-order valence-electron chi connectivity index (χ4n) is 4.07. The van der Waals surface area contributed by atoms with Gasteiger partial charge >= 0.3 is 0 Å². The van der Waals surface area contributed by atoms with Crippen LogP contribution in [0.4, 0.5) is 5.13 Å². The molecule has 0 saturated heterocycles. The van der Waals surface area contributed by atoms with Crippen molar-refractivity contribution in [1.82, 2.24) is 10.2 Å². The van der Waals surface area contributed by atoms with Gasteiger partial charge in [0.15, 0.2) is 5.43 Å². The second-order valence-electron chi connectivity index (χ2n) is 8.60. The second-order valence-corrected chi connectivity index (χ2v) is 9.58. The van der Waals surface area contributed by atoms with Crippen molar-refractivity contribution < 1.29 is 13.9 Å². The summed E-state index contributed by atoms with van der Waals surface area (Å²) in [7, 11) is 0. The zero-order valence-corrected chi connectivity index (χ0v) is 20.1. The molecule has 2 aromatic carbocycles. The Morgan fingerprint density at radius 1 is 1.09 bits per heavy atom. The number of anilines is 1. The minimum atomic E-state index is -0.666. The van der Waals surface area contributed by atoms with E-state index in [2.05, 4.69) is 17.1 Å². The molecule has 1 aliphatic heterocycles. The Hall–Kier alpha value is -3.52. The Balaban J connectivity index is 1.65. The number of carbonyl (C=O) groups is 1. The van der Waals surface area contributed by atoms with Crippen LogP contribution in [-0.4, -0.2) is 22.7 Å². The standard InChI is InChI=1S/C26H25N3O4S/c1-4-5-14-32-17-12-10-16(11-13-17)21-20-22(30)18-8-6-7-9-19(18)33-23(20)25(31)29(21)26-28-27-24(34-26)15(2)3/h6-13,15,21H,4-5,14H2,1-3H3. The van der Waals surface area contributed by atoms with Crippen LogP contribution in [0.15, 0.2) is 57.7 Å². The Morgan fingerprint density at radius 3 is 2.56 bits per heavy atom. The third-order valence-electron chi connectivity index (χ3n) is 5.87. The molecule has 0 saturated carbocycles. The molecule has 1 amide bonds. The van der Waals surface area contributed by atoms with Crippen molar-refractivity contribution in [3.05, 3.63) is 80.6 Å². The van der Waals surface area contributed by atoms with E-state index in [1.54, 1.807) is 24.3 Å². The largest absolute Gasteiger partial charge is 0.494 e. The third-order valence-corrected chi connectivity index (χ3v) is 7.09. The van der Waals surface area contributed by atoms with E-state index in [4.69, 9.17) is 9.15 Å². The number of fused-ring (bicyclic) bond motifs is 2. The van der Waals surface area contributed by atoms with Crippen molar-refractivity contribution >= 4 is 33.3 Å². The molecule has 0 bridgehead atoms. The predicted octanol–water partition coefficient (Wildman–Crippen LogP) is 5.70. The topological polar surface area (TPSA) is 85.5 Å². The normalized spacial score (nSPS) is 15.4. The molecule has 0 spiro atoms. The molecular formula is C26H25N3O4S. The monoisotopic (exact) mass is 475 g/mol. The number of benzene rings is 2. The molecule has 2 aromatic heterocycles. The molecule has 3 heterocycles. The van der Waals surface area contributed by atoms with Gasteiger partial charge < -0.3 is 9.15 Å². The van der Waals surface area contributed by atoms with Gasteiger partial charge in [-0.1, -0.05) is 62.8 Å². The zero-order chi connectivity index (χ0) is 23.8. The molecule has 0 aliphatic carbocycles. The van der Waals surface area contributed by atoms with Crippen molar-refractivity contribution in [3.63, 3.8) is 0 Å². The molecule has 0 radical (unpaired) electrons. The molecule has 1 aliphatic rings. The van der Waals surface area contributed by atoms with Crippen LogP contribution >= 0.6 is 11.3 Å². The van der Waals surface area contributed by atoms with E-state index < -0.39 is 11.9 Å². The van der Waals surface area contributed by atoms with Gasteiger partial charge in [-0.3, -0.25) is 14.5 Å². The second kappa shape index (κ2) is 9.02. The lowest BCUT2D eigenvalue weighted by molar-refractivity contribution is 0.0970. The molecule has 0 fully saturated rings. The number of para-hydroxylation sites is 1. The number of rotatable bonds is 7. The summed E-state index contributed by atoms with van der Waals surface area (Å²) in [5, 5.41) is 10.3. The molecule has 4 aromatic rings. The molecule has 1 atom stereocenters. The van der Waals surface area contributed by atoms with E-state index in [1.807, 2.05) is 38.1 Å². The van der Waals surface area contributed by atoms with E-state index in [-0.39, 0.29) is 17.1 Å². The first-order valence-corrected chi connectivity index (χ1v) is 12.3. The van der Waals surface area contributed by atoms with Crippen LogP contribution in [0.1, 0.15) is 72.3 Å². The van der Waals surface area contributed by atoms with E-state index >= 15 is 0 Å². The van der Waals surface area contributed by atoms with Gasteiger partial charge in [0, 0.05) is 5.92 Å². The van der Waals surface area contributed by atoms with Gasteiger partial charge in [0.2, 0.25) is 10.9 Å². The minimum Gasteiger partial charge on any atom is -0.494 e. The molecule has 8 heteroatoms. The first-order valence-electron chi connectivity index (χ1n) is 11.4. The molecule has 34 heavy (non-hydrogen) atoms. The van der Waals surface area contributed by atoms with Gasteiger partial charge in [-0.25, -0.2) is 0 Å². The fourth-order valence-corrected chi connectivity index (χ4v) is 4.94.